The zero-order valence-corrected chi connectivity index (χ0v) is 14.3. The molecule has 0 spiro atoms. The third-order valence-corrected chi connectivity index (χ3v) is 4.93. The van der Waals surface area contributed by atoms with E-state index in [1.54, 1.807) is 12.0 Å². The molecule has 1 saturated heterocycles. The maximum atomic E-state index is 12.6. The predicted molar refractivity (Wildman–Crippen MR) is 92.5 cm³/mol. The van der Waals surface area contributed by atoms with Crippen LogP contribution in [0.15, 0.2) is 30.3 Å². The molecule has 5 nitrogen and oxygen atoms in total. The van der Waals surface area contributed by atoms with Crippen LogP contribution in [0.4, 0.5) is 0 Å². The van der Waals surface area contributed by atoms with Crippen LogP contribution in [0.3, 0.4) is 0 Å². The number of nitrogens with zero attached hydrogens (tertiary/aromatic N) is 2. The molecule has 0 bridgehead atoms. The Bertz CT molecular complexity index is 651. The Balaban J connectivity index is 1.62. The van der Waals surface area contributed by atoms with Gasteiger partial charge in [-0.2, -0.15) is 0 Å². The highest BCUT2D eigenvalue weighted by Crippen LogP contribution is 2.26. The molecule has 24 heavy (non-hydrogen) atoms. The molecule has 0 saturated carbocycles. The van der Waals surface area contributed by atoms with Crippen LogP contribution in [0.25, 0.3) is 5.57 Å². The van der Waals surface area contributed by atoms with Crippen molar-refractivity contribution < 1.29 is 14.3 Å². The number of ether oxygens (including phenoxy) is 1. The summed E-state index contributed by atoms with van der Waals surface area (Å²) in [5.74, 6) is 0.887. The summed E-state index contributed by atoms with van der Waals surface area (Å²) in [6.07, 6.45) is 3.33. The molecule has 5 heteroatoms. The lowest BCUT2D eigenvalue weighted by Crippen LogP contribution is -2.39. The van der Waals surface area contributed by atoms with Crippen molar-refractivity contribution in [3.05, 3.63) is 35.9 Å². The molecule has 2 heterocycles. The van der Waals surface area contributed by atoms with Crippen molar-refractivity contribution in [2.75, 3.05) is 33.3 Å². The van der Waals surface area contributed by atoms with Gasteiger partial charge in [-0.15, -0.1) is 0 Å². The average molecular weight is 328 g/mol. The van der Waals surface area contributed by atoms with Crippen LogP contribution in [0.5, 0.6) is 5.75 Å². The van der Waals surface area contributed by atoms with E-state index in [1.807, 2.05) is 24.0 Å². The van der Waals surface area contributed by atoms with Gasteiger partial charge >= 0.3 is 0 Å². The van der Waals surface area contributed by atoms with Gasteiger partial charge in [-0.25, -0.2) is 0 Å². The summed E-state index contributed by atoms with van der Waals surface area (Å²) < 4.78 is 5.18. The van der Waals surface area contributed by atoms with Crippen molar-refractivity contribution >= 4 is 17.4 Å². The molecular formula is C19H24N2O3. The summed E-state index contributed by atoms with van der Waals surface area (Å²) in [5.41, 5.74) is 2.44. The lowest BCUT2D eigenvalue weighted by molar-refractivity contribution is -0.135. The molecule has 0 N–H and O–H groups in total. The van der Waals surface area contributed by atoms with Gasteiger partial charge in [-0.3, -0.25) is 9.59 Å². The second-order valence-corrected chi connectivity index (χ2v) is 6.33. The first-order valence-electron chi connectivity index (χ1n) is 8.52. The van der Waals surface area contributed by atoms with E-state index in [0.717, 1.165) is 12.2 Å². The molecule has 2 aliphatic rings. The monoisotopic (exact) mass is 328 g/mol. The summed E-state index contributed by atoms with van der Waals surface area (Å²) in [5, 5.41) is 0. The fourth-order valence-corrected chi connectivity index (χ4v) is 3.44. The highest BCUT2D eigenvalue weighted by atomic mass is 16.5. The number of benzene rings is 1. The number of hydrogen-bond acceptors (Lipinski definition) is 3. The minimum Gasteiger partial charge on any atom is -0.497 e. The topological polar surface area (TPSA) is 49.9 Å². The predicted octanol–water partition coefficient (Wildman–Crippen LogP) is 2.18. The maximum Gasteiger partial charge on any atom is 0.228 e. The molecule has 1 fully saturated rings. The number of rotatable bonds is 4. The van der Waals surface area contributed by atoms with Gasteiger partial charge in [0, 0.05) is 32.6 Å². The van der Waals surface area contributed by atoms with E-state index in [1.165, 1.54) is 11.1 Å². The van der Waals surface area contributed by atoms with E-state index in [2.05, 4.69) is 18.2 Å². The highest BCUT2D eigenvalue weighted by Gasteiger charge is 2.35. The minimum atomic E-state index is -0.173. The molecule has 128 valence electrons. The third kappa shape index (κ3) is 3.30. The highest BCUT2D eigenvalue weighted by molar-refractivity contribution is 5.89. The van der Waals surface area contributed by atoms with Crippen molar-refractivity contribution in [2.24, 2.45) is 5.92 Å². The van der Waals surface area contributed by atoms with E-state index >= 15 is 0 Å². The van der Waals surface area contributed by atoms with Crippen LogP contribution in [-0.4, -0.2) is 54.9 Å². The van der Waals surface area contributed by atoms with Gasteiger partial charge in [-0.1, -0.05) is 18.2 Å². The van der Waals surface area contributed by atoms with Gasteiger partial charge in [0.15, 0.2) is 0 Å². The van der Waals surface area contributed by atoms with Gasteiger partial charge in [0.05, 0.1) is 13.0 Å². The van der Waals surface area contributed by atoms with Gasteiger partial charge in [0.25, 0.3) is 0 Å². The van der Waals surface area contributed by atoms with Crippen molar-refractivity contribution in [1.29, 1.82) is 0 Å². The third-order valence-electron chi connectivity index (χ3n) is 4.93. The lowest BCUT2D eigenvalue weighted by atomic mass is 9.98. The fraction of sp³-hybridized carbons (Fsp3) is 0.474. The van der Waals surface area contributed by atoms with Crippen LogP contribution in [0, 0.1) is 5.92 Å². The van der Waals surface area contributed by atoms with Gasteiger partial charge in [-0.05, 0) is 36.6 Å². The van der Waals surface area contributed by atoms with E-state index < -0.39 is 0 Å². The van der Waals surface area contributed by atoms with Crippen LogP contribution in [0.2, 0.25) is 0 Å². The number of carbonyl (C=O) groups is 2. The maximum absolute atomic E-state index is 12.6. The van der Waals surface area contributed by atoms with Crippen LogP contribution >= 0.6 is 0 Å². The number of carbonyl (C=O) groups excluding carboxylic acids is 2. The second-order valence-electron chi connectivity index (χ2n) is 6.33. The van der Waals surface area contributed by atoms with Crippen LogP contribution in [0.1, 0.15) is 25.3 Å². The van der Waals surface area contributed by atoms with Crippen LogP contribution < -0.4 is 4.74 Å². The zero-order valence-electron chi connectivity index (χ0n) is 14.3. The Kier molecular flexibility index (Phi) is 4.88. The summed E-state index contributed by atoms with van der Waals surface area (Å²) in [7, 11) is 1.66. The molecule has 0 radical (unpaired) electrons. The van der Waals surface area contributed by atoms with E-state index in [-0.39, 0.29) is 17.7 Å². The normalized spacial score (nSPS) is 21.0. The van der Waals surface area contributed by atoms with Gasteiger partial charge in [0.2, 0.25) is 11.8 Å². The minimum absolute atomic E-state index is 0.0994. The first kappa shape index (κ1) is 16.6. The molecule has 1 aromatic rings. The van der Waals surface area contributed by atoms with Gasteiger partial charge in [0.1, 0.15) is 5.75 Å². The summed E-state index contributed by atoms with van der Waals surface area (Å²) >= 11 is 0. The number of hydrogen-bond donors (Lipinski definition) is 0. The van der Waals surface area contributed by atoms with Crippen LogP contribution in [-0.2, 0) is 9.59 Å². The molecule has 2 amide bonds. The van der Waals surface area contributed by atoms with Gasteiger partial charge < -0.3 is 14.5 Å². The Morgan fingerprint density at radius 3 is 2.58 bits per heavy atom. The number of likely N-dealkylation sites (tertiary alicyclic amines) is 1. The van der Waals surface area contributed by atoms with Crippen molar-refractivity contribution in [1.82, 2.24) is 9.80 Å². The molecule has 1 atom stereocenters. The number of methoxy groups -OCH3 is 1. The molecule has 0 aliphatic carbocycles. The molecule has 3 rings (SSSR count). The van der Waals surface area contributed by atoms with E-state index in [0.29, 0.717) is 32.6 Å². The van der Waals surface area contributed by atoms with Crippen molar-refractivity contribution in [3.8, 4) is 5.75 Å². The zero-order chi connectivity index (χ0) is 17.1. The Morgan fingerprint density at radius 2 is 2.04 bits per heavy atom. The molecule has 1 aromatic carbocycles. The standard InChI is InChI=1S/C19H24N2O3/c1-3-20-13-16(12-18(20)22)19(23)21-10-8-15(9-11-21)14-4-6-17(24-2)7-5-14/h4-8,16H,3,9-13H2,1-2H3. The van der Waals surface area contributed by atoms with E-state index in [4.69, 9.17) is 4.74 Å². The quantitative estimate of drug-likeness (QED) is 0.851. The largest absolute Gasteiger partial charge is 0.497 e. The fourth-order valence-electron chi connectivity index (χ4n) is 3.44. The lowest BCUT2D eigenvalue weighted by Gasteiger charge is -2.29. The smallest absolute Gasteiger partial charge is 0.228 e. The first-order valence-corrected chi connectivity index (χ1v) is 8.52. The summed E-state index contributed by atoms with van der Waals surface area (Å²) in [4.78, 5) is 28.1. The van der Waals surface area contributed by atoms with E-state index in [9.17, 15) is 9.59 Å². The molecule has 1 unspecified atom stereocenters. The Morgan fingerprint density at radius 1 is 1.29 bits per heavy atom. The average Bonchev–Trinajstić information content (AvgIpc) is 3.02. The van der Waals surface area contributed by atoms with Crippen molar-refractivity contribution in [3.63, 3.8) is 0 Å². The molecular weight excluding hydrogens is 304 g/mol. The summed E-state index contributed by atoms with van der Waals surface area (Å²) in [6.45, 7) is 4.55. The number of amides is 2. The Labute approximate surface area is 142 Å². The summed E-state index contributed by atoms with van der Waals surface area (Å²) in [6, 6.07) is 8.02. The first-order chi connectivity index (χ1) is 11.6. The van der Waals surface area contributed by atoms with Crippen molar-refractivity contribution in [2.45, 2.75) is 19.8 Å². The SMILES string of the molecule is CCN1CC(C(=O)N2CC=C(c3ccc(OC)cc3)CC2)CC1=O. The molecule has 2 aliphatic heterocycles. The Hall–Kier alpha value is -2.30. The molecule has 0 aromatic heterocycles. The second kappa shape index (κ2) is 7.07.